The first kappa shape index (κ1) is 22.9. The Morgan fingerprint density at radius 1 is 0.875 bits per heavy atom. The van der Waals surface area contributed by atoms with E-state index in [1.165, 1.54) is 30.6 Å². The largest absolute Gasteiger partial charge is 0.465 e. The Kier molecular flexibility index (Phi) is 7.17. The van der Waals surface area contributed by atoms with Gasteiger partial charge in [-0.3, -0.25) is 9.59 Å². The van der Waals surface area contributed by atoms with Crippen LogP contribution < -0.4 is 5.32 Å². The molecular weight excluding hydrogens is 430 g/mol. The molecule has 1 amide bonds. The summed E-state index contributed by atoms with van der Waals surface area (Å²) in [7, 11) is 1.26. The molecule has 8 heteroatoms. The summed E-state index contributed by atoms with van der Waals surface area (Å²) in [5.74, 6) is -2.30. The number of thiophene rings is 1. The van der Waals surface area contributed by atoms with Gasteiger partial charge in [0.2, 0.25) is 0 Å². The van der Waals surface area contributed by atoms with Crippen molar-refractivity contribution in [2.24, 2.45) is 0 Å². The summed E-state index contributed by atoms with van der Waals surface area (Å²) in [6.07, 6.45) is 0. The Morgan fingerprint density at radius 3 is 2.16 bits per heavy atom. The lowest BCUT2D eigenvalue weighted by Gasteiger charge is -2.10. The highest BCUT2D eigenvalue weighted by Gasteiger charge is 2.23. The van der Waals surface area contributed by atoms with E-state index in [-0.39, 0.29) is 22.5 Å². The van der Waals surface area contributed by atoms with Crippen molar-refractivity contribution in [2.45, 2.75) is 13.8 Å². The maximum atomic E-state index is 12.8. The molecule has 0 radical (unpaired) electrons. The van der Waals surface area contributed by atoms with Crippen molar-refractivity contribution in [1.29, 1.82) is 0 Å². The maximum absolute atomic E-state index is 12.8. The first-order valence-electron chi connectivity index (χ1n) is 9.67. The second-order valence-corrected chi connectivity index (χ2v) is 8.07. The molecule has 0 fully saturated rings. The van der Waals surface area contributed by atoms with Gasteiger partial charge in [-0.25, -0.2) is 9.59 Å². The van der Waals surface area contributed by atoms with Crippen LogP contribution in [-0.4, -0.2) is 37.3 Å². The number of amides is 1. The molecule has 7 nitrogen and oxygen atoms in total. The number of ether oxygens (including phenoxy) is 2. The van der Waals surface area contributed by atoms with Crippen LogP contribution >= 0.6 is 11.3 Å². The van der Waals surface area contributed by atoms with E-state index >= 15 is 0 Å². The van der Waals surface area contributed by atoms with Crippen LogP contribution in [0.1, 0.15) is 47.1 Å². The highest BCUT2D eigenvalue weighted by molar-refractivity contribution is 7.16. The van der Waals surface area contributed by atoms with Crippen LogP contribution in [0.5, 0.6) is 0 Å². The lowest BCUT2D eigenvalue weighted by Crippen LogP contribution is -2.22. The number of carbonyl (C=O) groups excluding carboxylic acids is 4. The Morgan fingerprint density at radius 2 is 1.50 bits per heavy atom. The molecule has 0 unspecified atom stereocenters. The van der Waals surface area contributed by atoms with Gasteiger partial charge in [0.25, 0.3) is 5.91 Å². The minimum atomic E-state index is -0.799. The number of nitrogens with one attached hydrogen (secondary N) is 1. The van der Waals surface area contributed by atoms with Gasteiger partial charge in [0.1, 0.15) is 5.00 Å². The topological polar surface area (TPSA) is 98.8 Å². The van der Waals surface area contributed by atoms with E-state index in [4.69, 9.17) is 9.47 Å². The van der Waals surface area contributed by atoms with E-state index in [0.717, 1.165) is 4.88 Å². The number of carbonyl (C=O) groups is 4. The number of hydrogen-bond donors (Lipinski definition) is 1. The quantitative estimate of drug-likeness (QED) is 0.427. The lowest BCUT2D eigenvalue weighted by molar-refractivity contribution is -0.119. The molecule has 0 aliphatic heterocycles. The summed E-state index contributed by atoms with van der Waals surface area (Å²) in [6.45, 7) is 3.00. The average Bonchev–Trinajstić information content (AvgIpc) is 3.09. The number of anilines is 1. The molecule has 0 atom stereocenters. The molecule has 2 aromatic carbocycles. The van der Waals surface area contributed by atoms with Crippen molar-refractivity contribution in [1.82, 2.24) is 0 Å². The van der Waals surface area contributed by atoms with Crippen LogP contribution in [-0.2, 0) is 14.3 Å². The van der Waals surface area contributed by atoms with Gasteiger partial charge in [0.05, 0.1) is 18.2 Å². The molecule has 0 spiro atoms. The van der Waals surface area contributed by atoms with E-state index in [1.807, 2.05) is 6.92 Å². The van der Waals surface area contributed by atoms with Crippen LogP contribution in [0.4, 0.5) is 5.00 Å². The number of rotatable bonds is 7. The minimum absolute atomic E-state index is 0.0622. The molecular formula is C24H21NO6S. The Balaban J connectivity index is 1.71. The van der Waals surface area contributed by atoms with E-state index in [2.05, 4.69) is 5.32 Å². The summed E-state index contributed by atoms with van der Waals surface area (Å²) in [5.41, 5.74) is 1.66. The van der Waals surface area contributed by atoms with Crippen molar-refractivity contribution in [2.75, 3.05) is 19.0 Å². The lowest BCUT2D eigenvalue weighted by atomic mass is 9.98. The third kappa shape index (κ3) is 4.92. The van der Waals surface area contributed by atoms with Crippen molar-refractivity contribution in [3.05, 3.63) is 87.3 Å². The number of methoxy groups -OCH3 is 1. The summed E-state index contributed by atoms with van der Waals surface area (Å²) < 4.78 is 9.92. The molecule has 32 heavy (non-hydrogen) atoms. The Labute approximate surface area is 189 Å². The Bertz CT molecular complexity index is 1180. The van der Waals surface area contributed by atoms with Gasteiger partial charge >= 0.3 is 11.9 Å². The van der Waals surface area contributed by atoms with E-state index in [9.17, 15) is 19.2 Å². The first-order valence-corrected chi connectivity index (χ1v) is 10.5. The normalized spacial score (nSPS) is 10.3. The maximum Gasteiger partial charge on any atom is 0.341 e. The highest BCUT2D eigenvalue weighted by Crippen LogP contribution is 2.32. The van der Waals surface area contributed by atoms with Crippen LogP contribution in [0, 0.1) is 13.8 Å². The summed E-state index contributed by atoms with van der Waals surface area (Å²) >= 11 is 1.23. The van der Waals surface area contributed by atoms with Crippen LogP contribution in [0.25, 0.3) is 0 Å². The molecule has 1 aromatic heterocycles. The minimum Gasteiger partial charge on any atom is -0.465 e. The second kappa shape index (κ2) is 10.0. The number of hydrogen-bond acceptors (Lipinski definition) is 7. The van der Waals surface area contributed by atoms with Gasteiger partial charge in [0.15, 0.2) is 12.4 Å². The molecule has 0 saturated heterocycles. The van der Waals surface area contributed by atoms with Crippen molar-refractivity contribution in [3.8, 4) is 0 Å². The van der Waals surface area contributed by atoms with E-state index < -0.39 is 24.5 Å². The van der Waals surface area contributed by atoms with Crippen molar-refractivity contribution >= 4 is 40.0 Å². The van der Waals surface area contributed by atoms with Crippen LogP contribution in [0.15, 0.2) is 54.6 Å². The number of ketones is 1. The highest BCUT2D eigenvalue weighted by atomic mass is 32.1. The third-order valence-electron chi connectivity index (χ3n) is 4.79. The Hall–Kier alpha value is -3.78. The summed E-state index contributed by atoms with van der Waals surface area (Å²) in [4.78, 5) is 50.7. The van der Waals surface area contributed by atoms with E-state index in [0.29, 0.717) is 16.1 Å². The van der Waals surface area contributed by atoms with Crippen molar-refractivity contribution in [3.63, 3.8) is 0 Å². The zero-order chi connectivity index (χ0) is 23.3. The smallest absolute Gasteiger partial charge is 0.341 e. The van der Waals surface area contributed by atoms with Gasteiger partial charge in [-0.15, -0.1) is 11.3 Å². The SMILES string of the molecule is COC(=O)c1c(NC(=O)COC(=O)c2ccccc2C(=O)c2ccccc2)sc(C)c1C. The predicted octanol–water partition coefficient (Wildman–Crippen LogP) is 4.18. The van der Waals surface area contributed by atoms with Crippen molar-refractivity contribution < 1.29 is 28.7 Å². The third-order valence-corrected chi connectivity index (χ3v) is 5.91. The molecule has 0 aliphatic carbocycles. The fourth-order valence-electron chi connectivity index (χ4n) is 3.04. The fraction of sp³-hybridized carbons (Fsp3) is 0.167. The van der Waals surface area contributed by atoms with Gasteiger partial charge in [-0.2, -0.15) is 0 Å². The second-order valence-electron chi connectivity index (χ2n) is 6.84. The number of esters is 2. The standard InChI is InChI=1S/C24H21NO6S/c1-14-15(2)32-22(20(14)24(29)30-3)25-19(26)13-31-23(28)18-12-8-7-11-17(18)21(27)16-9-5-4-6-10-16/h4-12H,13H2,1-3H3,(H,25,26). The predicted molar refractivity (Wildman–Crippen MR) is 120 cm³/mol. The van der Waals surface area contributed by atoms with Crippen LogP contribution in [0.3, 0.4) is 0 Å². The van der Waals surface area contributed by atoms with Crippen LogP contribution in [0.2, 0.25) is 0 Å². The zero-order valence-corrected chi connectivity index (χ0v) is 18.6. The fourth-order valence-corrected chi connectivity index (χ4v) is 4.10. The summed E-state index contributed by atoms with van der Waals surface area (Å²) in [5, 5.41) is 2.92. The number of benzene rings is 2. The molecule has 1 heterocycles. The monoisotopic (exact) mass is 451 g/mol. The van der Waals surface area contributed by atoms with Gasteiger partial charge in [-0.05, 0) is 25.5 Å². The van der Waals surface area contributed by atoms with Gasteiger partial charge < -0.3 is 14.8 Å². The molecule has 0 aliphatic rings. The molecule has 0 saturated carbocycles. The molecule has 3 aromatic rings. The zero-order valence-electron chi connectivity index (χ0n) is 17.8. The molecule has 164 valence electrons. The van der Waals surface area contributed by atoms with Gasteiger partial charge in [-0.1, -0.05) is 48.5 Å². The first-order chi connectivity index (χ1) is 15.3. The molecule has 1 N–H and O–H groups in total. The van der Waals surface area contributed by atoms with Gasteiger partial charge in [0, 0.05) is 16.0 Å². The summed E-state index contributed by atoms with van der Waals surface area (Å²) in [6, 6.07) is 14.8. The van der Waals surface area contributed by atoms with E-state index in [1.54, 1.807) is 49.4 Å². The number of aryl methyl sites for hydroxylation is 1. The molecule has 0 bridgehead atoms. The average molecular weight is 452 g/mol. The molecule has 3 rings (SSSR count).